The van der Waals surface area contributed by atoms with E-state index < -0.39 is 49.5 Å². The molecule has 2 atom stereocenters. The number of amides is 1. The number of nitro benzene ring substituents is 1. The zero-order valence-electron chi connectivity index (χ0n) is 19.4. The van der Waals surface area contributed by atoms with Crippen molar-refractivity contribution in [2.45, 2.75) is 29.8 Å². The molecule has 0 aliphatic heterocycles. The molecule has 0 aromatic heterocycles. The lowest BCUT2D eigenvalue weighted by Gasteiger charge is -2.22. The highest BCUT2D eigenvalue weighted by atomic mass is 32.2. The maximum atomic E-state index is 13.1. The maximum Gasteiger partial charge on any atom is 0.328 e. The van der Waals surface area contributed by atoms with E-state index in [2.05, 4.69) is 16.6 Å². The van der Waals surface area contributed by atoms with Gasteiger partial charge in [0.25, 0.3) is 5.69 Å². The van der Waals surface area contributed by atoms with Crippen LogP contribution in [-0.4, -0.2) is 44.4 Å². The lowest BCUT2D eigenvalue weighted by Crippen LogP contribution is -2.52. The van der Waals surface area contributed by atoms with E-state index in [4.69, 9.17) is 4.74 Å². The van der Waals surface area contributed by atoms with Gasteiger partial charge in [-0.2, -0.15) is 4.72 Å². The van der Waals surface area contributed by atoms with Gasteiger partial charge in [-0.1, -0.05) is 60.7 Å². The number of fused-ring (bicyclic) bond motifs is 1. The third kappa shape index (κ3) is 6.32. The number of nitro groups is 1. The van der Waals surface area contributed by atoms with Crippen molar-refractivity contribution in [3.63, 3.8) is 0 Å². The Kier molecular flexibility index (Phi) is 8.51. The Morgan fingerprint density at radius 1 is 1.06 bits per heavy atom. The van der Waals surface area contributed by atoms with Gasteiger partial charge in [-0.3, -0.25) is 14.9 Å². The van der Waals surface area contributed by atoms with Crippen LogP contribution < -0.4 is 10.0 Å². The summed E-state index contributed by atoms with van der Waals surface area (Å²) in [6.07, 6.45) is 1.29. The molecule has 0 saturated heterocycles. The fraction of sp³-hybridized carbons (Fsp3) is 0.200. The number of nitrogens with zero attached hydrogens (tertiary/aromatic N) is 1. The number of esters is 1. The van der Waals surface area contributed by atoms with E-state index in [-0.39, 0.29) is 12.8 Å². The Balaban J connectivity index is 1.83. The molecule has 3 aromatic carbocycles. The third-order valence-electron chi connectivity index (χ3n) is 5.42. The molecule has 0 aliphatic rings. The van der Waals surface area contributed by atoms with Gasteiger partial charge in [0.1, 0.15) is 12.1 Å². The van der Waals surface area contributed by atoms with Gasteiger partial charge in [0.05, 0.1) is 12.0 Å². The first-order chi connectivity index (χ1) is 17.2. The SMILES string of the molecule is C=CCC(NS(=O)(=O)c1ccccc1[N+](=O)[O-])C(=O)NC(Cc1ccc2ccccc2c1)C(=O)OC. The summed E-state index contributed by atoms with van der Waals surface area (Å²) in [6.45, 7) is 3.54. The number of benzene rings is 3. The molecule has 36 heavy (non-hydrogen) atoms. The smallest absolute Gasteiger partial charge is 0.328 e. The summed E-state index contributed by atoms with van der Waals surface area (Å²) in [6, 6.07) is 15.6. The van der Waals surface area contributed by atoms with Crippen molar-refractivity contribution >= 4 is 38.4 Å². The van der Waals surface area contributed by atoms with Crippen molar-refractivity contribution in [3.05, 3.63) is 95.1 Å². The van der Waals surface area contributed by atoms with Gasteiger partial charge >= 0.3 is 5.97 Å². The van der Waals surface area contributed by atoms with Crippen LogP contribution in [0.25, 0.3) is 10.8 Å². The molecule has 0 heterocycles. The predicted octanol–water partition coefficient (Wildman–Crippen LogP) is 2.87. The highest BCUT2D eigenvalue weighted by Crippen LogP contribution is 2.23. The summed E-state index contributed by atoms with van der Waals surface area (Å²) in [5.41, 5.74) is 0.122. The third-order valence-corrected chi connectivity index (χ3v) is 6.94. The summed E-state index contributed by atoms with van der Waals surface area (Å²) >= 11 is 0. The Morgan fingerprint density at radius 3 is 2.39 bits per heavy atom. The van der Waals surface area contributed by atoms with Crippen LogP contribution in [0.1, 0.15) is 12.0 Å². The molecule has 10 nitrogen and oxygen atoms in total. The fourth-order valence-electron chi connectivity index (χ4n) is 3.67. The van der Waals surface area contributed by atoms with Crippen molar-refractivity contribution in [1.29, 1.82) is 0 Å². The molecule has 188 valence electrons. The molecule has 0 aliphatic carbocycles. The van der Waals surface area contributed by atoms with E-state index in [0.717, 1.165) is 28.5 Å². The Morgan fingerprint density at radius 2 is 1.72 bits per heavy atom. The number of hydrogen-bond acceptors (Lipinski definition) is 7. The van der Waals surface area contributed by atoms with E-state index >= 15 is 0 Å². The summed E-state index contributed by atoms with van der Waals surface area (Å²) in [5.74, 6) is -1.52. The van der Waals surface area contributed by atoms with Gasteiger partial charge in [0.2, 0.25) is 15.9 Å². The van der Waals surface area contributed by atoms with Gasteiger partial charge < -0.3 is 10.1 Å². The number of ether oxygens (including phenoxy) is 1. The molecule has 3 rings (SSSR count). The second-order valence-electron chi connectivity index (χ2n) is 7.89. The fourth-order valence-corrected chi connectivity index (χ4v) is 5.05. The number of nitrogens with one attached hydrogen (secondary N) is 2. The van der Waals surface area contributed by atoms with E-state index in [1.165, 1.54) is 25.3 Å². The number of carbonyl (C=O) groups is 2. The summed E-state index contributed by atoms with van der Waals surface area (Å²) in [5, 5.41) is 15.8. The summed E-state index contributed by atoms with van der Waals surface area (Å²) in [4.78, 5) is 35.4. The zero-order chi connectivity index (χ0) is 26.3. The van der Waals surface area contributed by atoms with Crippen LogP contribution in [-0.2, 0) is 30.8 Å². The lowest BCUT2D eigenvalue weighted by molar-refractivity contribution is -0.387. The van der Waals surface area contributed by atoms with Crippen molar-refractivity contribution in [2.75, 3.05) is 7.11 Å². The topological polar surface area (TPSA) is 145 Å². The Hall–Kier alpha value is -4.09. The van der Waals surface area contributed by atoms with Gasteiger partial charge in [-0.05, 0) is 28.8 Å². The highest BCUT2D eigenvalue weighted by Gasteiger charge is 2.32. The van der Waals surface area contributed by atoms with Gasteiger partial charge in [-0.15, -0.1) is 6.58 Å². The van der Waals surface area contributed by atoms with E-state index in [1.54, 1.807) is 0 Å². The van der Waals surface area contributed by atoms with Crippen LogP contribution >= 0.6 is 0 Å². The molecule has 0 spiro atoms. The molecule has 3 aromatic rings. The molecule has 0 saturated carbocycles. The molecule has 2 unspecified atom stereocenters. The minimum Gasteiger partial charge on any atom is -0.467 e. The summed E-state index contributed by atoms with van der Waals surface area (Å²) < 4.78 is 32.9. The molecule has 2 N–H and O–H groups in total. The van der Waals surface area contributed by atoms with E-state index in [1.807, 2.05) is 42.5 Å². The van der Waals surface area contributed by atoms with Crippen molar-refractivity contribution in [2.24, 2.45) is 0 Å². The predicted molar refractivity (Wildman–Crippen MR) is 134 cm³/mol. The first-order valence-corrected chi connectivity index (χ1v) is 12.4. The van der Waals surface area contributed by atoms with Crippen LogP contribution in [0.15, 0.2) is 84.3 Å². The molecule has 1 amide bonds. The second kappa shape index (κ2) is 11.6. The van der Waals surface area contributed by atoms with Crippen molar-refractivity contribution in [3.8, 4) is 0 Å². The highest BCUT2D eigenvalue weighted by molar-refractivity contribution is 7.89. The quantitative estimate of drug-likeness (QED) is 0.174. The molecular formula is C25H25N3O7S. The Bertz CT molecular complexity index is 1410. The number of hydrogen-bond donors (Lipinski definition) is 2. The van der Waals surface area contributed by atoms with E-state index in [0.29, 0.717) is 0 Å². The number of para-hydroxylation sites is 1. The van der Waals surface area contributed by atoms with Crippen LogP contribution in [0, 0.1) is 10.1 Å². The maximum absolute atomic E-state index is 13.1. The Labute approximate surface area is 208 Å². The average Bonchev–Trinajstić information content (AvgIpc) is 2.87. The number of sulfonamides is 1. The van der Waals surface area contributed by atoms with Crippen molar-refractivity contribution in [1.82, 2.24) is 10.0 Å². The molecule has 11 heteroatoms. The monoisotopic (exact) mass is 511 g/mol. The summed E-state index contributed by atoms with van der Waals surface area (Å²) in [7, 11) is -3.28. The first-order valence-electron chi connectivity index (χ1n) is 10.9. The van der Waals surface area contributed by atoms with E-state index in [9.17, 15) is 28.1 Å². The van der Waals surface area contributed by atoms with Gasteiger partial charge in [-0.25, -0.2) is 13.2 Å². The number of rotatable bonds is 11. The molecular weight excluding hydrogens is 486 g/mol. The molecule has 0 bridgehead atoms. The minimum absolute atomic E-state index is 0.0982. The average molecular weight is 512 g/mol. The van der Waals surface area contributed by atoms with Crippen LogP contribution in [0.4, 0.5) is 5.69 Å². The van der Waals surface area contributed by atoms with Gasteiger partial charge in [0, 0.05) is 12.5 Å². The molecule has 0 fully saturated rings. The van der Waals surface area contributed by atoms with Crippen LogP contribution in [0.2, 0.25) is 0 Å². The first kappa shape index (κ1) is 26.5. The van der Waals surface area contributed by atoms with Gasteiger partial charge in [0.15, 0.2) is 4.90 Å². The largest absolute Gasteiger partial charge is 0.467 e. The normalized spacial score (nSPS) is 12.9. The van der Waals surface area contributed by atoms with Crippen LogP contribution in [0.5, 0.6) is 0 Å². The standard InChI is InChI=1S/C25H25N3O7S/c1-3-8-20(27-36(33,34)23-12-7-6-11-22(23)28(31)32)24(29)26-21(25(30)35-2)16-17-13-14-18-9-4-5-10-19(18)15-17/h3-7,9-15,20-21,27H,1,8,16H2,2H3,(H,26,29). The second-order valence-corrected chi connectivity index (χ2v) is 9.58. The van der Waals surface area contributed by atoms with Crippen LogP contribution in [0.3, 0.4) is 0 Å². The lowest BCUT2D eigenvalue weighted by atomic mass is 10.0. The van der Waals surface area contributed by atoms with Crippen molar-refractivity contribution < 1.29 is 27.7 Å². The molecule has 0 radical (unpaired) electrons. The number of methoxy groups -OCH3 is 1. The minimum atomic E-state index is -4.46. The number of carbonyl (C=O) groups excluding carboxylic acids is 2. The zero-order valence-corrected chi connectivity index (χ0v) is 20.2.